The highest BCUT2D eigenvalue weighted by Crippen LogP contribution is 2.31. The van der Waals surface area contributed by atoms with Crippen LogP contribution in [0.4, 0.5) is 13.2 Å². The minimum atomic E-state index is -4.61. The maximum absolute atomic E-state index is 12.9. The van der Waals surface area contributed by atoms with Gasteiger partial charge in [-0.05, 0) is 23.8 Å². The van der Waals surface area contributed by atoms with Gasteiger partial charge in [-0.25, -0.2) is 18.0 Å². The van der Waals surface area contributed by atoms with E-state index in [1.165, 1.54) is 10.4 Å². The third-order valence-corrected chi connectivity index (χ3v) is 7.10. The lowest BCUT2D eigenvalue weighted by Crippen LogP contribution is -2.50. The van der Waals surface area contributed by atoms with Gasteiger partial charge in [0.2, 0.25) is 10.0 Å². The van der Waals surface area contributed by atoms with Crippen LogP contribution in [0.3, 0.4) is 0 Å². The number of nitrogens with zero attached hydrogens (tertiary/aromatic N) is 2. The van der Waals surface area contributed by atoms with Crippen LogP contribution in [-0.4, -0.2) is 90.3 Å². The molecule has 3 N–H and O–H groups in total. The topological polar surface area (TPSA) is 145 Å². The molecule has 0 saturated carbocycles. The van der Waals surface area contributed by atoms with Gasteiger partial charge in [0, 0.05) is 32.7 Å². The number of hydrogen-bond donors (Lipinski definition) is 3. The Morgan fingerprint density at radius 2 is 1.54 bits per heavy atom. The van der Waals surface area contributed by atoms with Crippen LogP contribution in [0.15, 0.2) is 59.5 Å². The number of β-amino-alcohol motifs (C(OH)–C–C–N with tert-alkyl or cyclic N) is 1. The standard InChI is InChI=1S/C21H25F3N2O4S.C2H2O4/c22-21(23,24)18-7-4-8-20(13-18)31(28,29)26-11-9-25(10-12-26)14-19(27)16-30-15-17-5-2-1-3-6-17;3-1(4)2(5)6/h1-8,13,19,27H,9-12,14-16H2;(H,3,4)(H,5,6). The predicted molar refractivity (Wildman–Crippen MR) is 124 cm³/mol. The molecule has 3 rings (SSSR count). The van der Waals surface area contributed by atoms with Crippen LogP contribution in [0.2, 0.25) is 0 Å². The summed E-state index contributed by atoms with van der Waals surface area (Å²) in [6.45, 7) is 1.87. The smallest absolute Gasteiger partial charge is 0.416 e. The van der Waals surface area contributed by atoms with Crippen molar-refractivity contribution in [2.24, 2.45) is 0 Å². The number of aliphatic carboxylic acids is 2. The van der Waals surface area contributed by atoms with E-state index < -0.39 is 39.8 Å². The Hall–Kier alpha value is -3.04. The molecule has 10 nitrogen and oxygen atoms in total. The number of sulfonamides is 1. The highest BCUT2D eigenvalue weighted by molar-refractivity contribution is 7.89. The molecule has 14 heteroatoms. The first-order valence-electron chi connectivity index (χ1n) is 11.0. The van der Waals surface area contributed by atoms with Crippen molar-refractivity contribution in [2.45, 2.75) is 23.8 Å². The van der Waals surface area contributed by atoms with Gasteiger partial charge in [-0.1, -0.05) is 36.4 Å². The average Bonchev–Trinajstić information content (AvgIpc) is 2.85. The summed E-state index contributed by atoms with van der Waals surface area (Å²) in [5.74, 6) is -3.65. The summed E-state index contributed by atoms with van der Waals surface area (Å²) in [4.78, 5) is 19.7. The van der Waals surface area contributed by atoms with Crippen molar-refractivity contribution >= 4 is 22.0 Å². The number of ether oxygens (including phenoxy) is 1. The first kappa shape index (κ1) is 30.2. The number of carbonyl (C=O) groups is 2. The van der Waals surface area contributed by atoms with E-state index in [2.05, 4.69) is 0 Å². The molecule has 204 valence electrons. The highest BCUT2D eigenvalue weighted by Gasteiger charge is 2.34. The van der Waals surface area contributed by atoms with Gasteiger partial charge < -0.3 is 20.1 Å². The average molecular weight is 549 g/mol. The zero-order chi connectivity index (χ0) is 27.6. The summed E-state index contributed by atoms with van der Waals surface area (Å²) in [6, 6.07) is 13.3. The molecular formula is C23H27F3N2O8S. The Labute approximate surface area is 211 Å². The molecule has 0 aromatic heterocycles. The zero-order valence-corrected chi connectivity index (χ0v) is 20.4. The lowest BCUT2D eigenvalue weighted by atomic mass is 10.2. The fraction of sp³-hybridized carbons (Fsp3) is 0.391. The SMILES string of the molecule is O=C(O)C(=O)O.O=S(=O)(c1cccc(C(F)(F)F)c1)N1CCN(CC(O)COCc2ccccc2)CC1. The van der Waals surface area contributed by atoms with Gasteiger partial charge in [-0.3, -0.25) is 4.90 Å². The van der Waals surface area contributed by atoms with Crippen LogP contribution in [-0.2, 0) is 37.1 Å². The number of carboxylic acids is 2. The second-order valence-electron chi connectivity index (χ2n) is 8.00. The van der Waals surface area contributed by atoms with Gasteiger partial charge >= 0.3 is 18.1 Å². The van der Waals surface area contributed by atoms with Gasteiger partial charge in [0.25, 0.3) is 0 Å². The Balaban J connectivity index is 0.000000717. The number of halogens is 3. The van der Waals surface area contributed by atoms with Crippen LogP contribution in [0, 0.1) is 0 Å². The molecule has 1 fully saturated rings. The predicted octanol–water partition coefficient (Wildman–Crippen LogP) is 1.74. The number of rotatable bonds is 8. The molecule has 1 aliphatic rings. The van der Waals surface area contributed by atoms with Gasteiger partial charge in [0.15, 0.2) is 0 Å². The Morgan fingerprint density at radius 1 is 0.946 bits per heavy atom. The molecule has 1 saturated heterocycles. The molecule has 2 aromatic rings. The molecule has 0 amide bonds. The number of benzene rings is 2. The number of aliphatic hydroxyl groups excluding tert-OH is 1. The van der Waals surface area contributed by atoms with Crippen molar-refractivity contribution in [3.8, 4) is 0 Å². The summed E-state index contributed by atoms with van der Waals surface area (Å²) in [5.41, 5.74) is 0.00829. The molecule has 0 bridgehead atoms. The van der Waals surface area contributed by atoms with E-state index in [0.717, 1.165) is 17.7 Å². The molecule has 0 spiro atoms. The van der Waals surface area contributed by atoms with E-state index in [-0.39, 0.29) is 24.6 Å². The van der Waals surface area contributed by atoms with Crippen LogP contribution in [0.5, 0.6) is 0 Å². The fourth-order valence-corrected chi connectivity index (χ4v) is 4.84. The molecule has 37 heavy (non-hydrogen) atoms. The lowest BCUT2D eigenvalue weighted by Gasteiger charge is -2.34. The molecule has 1 atom stereocenters. The van der Waals surface area contributed by atoms with Crippen LogP contribution in [0.1, 0.15) is 11.1 Å². The summed E-state index contributed by atoms with van der Waals surface area (Å²) in [5, 5.41) is 25.0. The Kier molecular flexibility index (Phi) is 11.0. The van der Waals surface area contributed by atoms with Crippen molar-refractivity contribution in [3.63, 3.8) is 0 Å². The van der Waals surface area contributed by atoms with Crippen molar-refractivity contribution < 1.29 is 51.2 Å². The van der Waals surface area contributed by atoms with Crippen molar-refractivity contribution in [3.05, 3.63) is 65.7 Å². The van der Waals surface area contributed by atoms with E-state index in [9.17, 15) is 26.7 Å². The van der Waals surface area contributed by atoms with E-state index >= 15 is 0 Å². The normalized spacial score (nSPS) is 15.9. The molecule has 1 heterocycles. The number of alkyl halides is 3. The quantitative estimate of drug-likeness (QED) is 0.420. The minimum absolute atomic E-state index is 0.135. The van der Waals surface area contributed by atoms with E-state index in [0.29, 0.717) is 32.3 Å². The summed E-state index contributed by atoms with van der Waals surface area (Å²) >= 11 is 0. The molecule has 2 aromatic carbocycles. The van der Waals surface area contributed by atoms with E-state index in [1.807, 2.05) is 35.2 Å². The third-order valence-electron chi connectivity index (χ3n) is 5.20. The summed E-state index contributed by atoms with van der Waals surface area (Å²) in [6.07, 6.45) is -5.33. The Bertz CT molecular complexity index is 1130. The van der Waals surface area contributed by atoms with E-state index in [4.69, 9.17) is 24.5 Å². The zero-order valence-electron chi connectivity index (χ0n) is 19.5. The molecule has 0 aliphatic carbocycles. The second-order valence-corrected chi connectivity index (χ2v) is 9.93. The van der Waals surface area contributed by atoms with E-state index in [1.54, 1.807) is 0 Å². The van der Waals surface area contributed by atoms with Crippen molar-refractivity contribution in [2.75, 3.05) is 39.3 Å². The first-order valence-corrected chi connectivity index (χ1v) is 12.4. The monoisotopic (exact) mass is 548 g/mol. The molecular weight excluding hydrogens is 521 g/mol. The van der Waals surface area contributed by atoms with Crippen LogP contribution in [0.25, 0.3) is 0 Å². The largest absolute Gasteiger partial charge is 0.473 e. The van der Waals surface area contributed by atoms with Crippen molar-refractivity contribution in [1.82, 2.24) is 9.21 Å². The number of hydrogen-bond acceptors (Lipinski definition) is 7. The van der Waals surface area contributed by atoms with Gasteiger partial charge in [-0.15, -0.1) is 0 Å². The van der Waals surface area contributed by atoms with Crippen molar-refractivity contribution in [1.29, 1.82) is 0 Å². The number of piperazine rings is 1. The highest BCUT2D eigenvalue weighted by atomic mass is 32.2. The summed E-state index contributed by atoms with van der Waals surface area (Å²) in [7, 11) is -4.02. The lowest BCUT2D eigenvalue weighted by molar-refractivity contribution is -0.159. The van der Waals surface area contributed by atoms with Gasteiger partial charge in [0.1, 0.15) is 0 Å². The Morgan fingerprint density at radius 3 is 2.08 bits per heavy atom. The maximum atomic E-state index is 12.9. The number of aliphatic hydroxyl groups is 1. The molecule has 1 unspecified atom stereocenters. The minimum Gasteiger partial charge on any atom is -0.473 e. The second kappa shape index (κ2) is 13.5. The maximum Gasteiger partial charge on any atom is 0.416 e. The van der Waals surface area contributed by atoms with Gasteiger partial charge in [-0.2, -0.15) is 17.5 Å². The third kappa shape index (κ3) is 9.74. The van der Waals surface area contributed by atoms with Crippen LogP contribution < -0.4 is 0 Å². The fourth-order valence-electron chi connectivity index (χ4n) is 3.37. The number of carboxylic acid groups (broad SMARTS) is 2. The molecule has 0 radical (unpaired) electrons. The van der Waals surface area contributed by atoms with Crippen LogP contribution >= 0.6 is 0 Å². The van der Waals surface area contributed by atoms with Gasteiger partial charge in [0.05, 0.1) is 29.8 Å². The first-order chi connectivity index (χ1) is 17.3. The summed E-state index contributed by atoms with van der Waals surface area (Å²) < 4.78 is 70.9. The molecule has 1 aliphatic heterocycles.